The molecule has 0 aliphatic heterocycles. The van der Waals surface area contributed by atoms with Gasteiger partial charge in [-0.2, -0.15) is 0 Å². The van der Waals surface area contributed by atoms with Gasteiger partial charge in [0.1, 0.15) is 11.5 Å². The highest BCUT2D eigenvalue weighted by Gasteiger charge is 2.17. The largest absolute Gasteiger partial charge is 0.495 e. The van der Waals surface area contributed by atoms with Gasteiger partial charge in [0.2, 0.25) is 5.91 Å². The number of benzene rings is 2. The third-order valence-corrected chi connectivity index (χ3v) is 4.62. The van der Waals surface area contributed by atoms with Crippen LogP contribution in [0.5, 0.6) is 11.5 Å². The minimum Gasteiger partial charge on any atom is -0.495 e. The second-order valence-electron chi connectivity index (χ2n) is 7.13. The first-order chi connectivity index (χ1) is 13.7. The van der Waals surface area contributed by atoms with E-state index in [2.05, 4.69) is 19.2 Å². The van der Waals surface area contributed by atoms with E-state index in [-0.39, 0.29) is 30.9 Å². The van der Waals surface area contributed by atoms with Crippen LogP contribution < -0.4 is 14.8 Å². The molecule has 0 saturated carbocycles. The lowest BCUT2D eigenvalue weighted by Crippen LogP contribution is -2.37. The third kappa shape index (κ3) is 6.39. The zero-order chi connectivity index (χ0) is 21.6. The van der Waals surface area contributed by atoms with Crippen molar-refractivity contribution in [1.29, 1.82) is 0 Å². The number of halogens is 1. The molecule has 156 valence electrons. The molecule has 29 heavy (non-hydrogen) atoms. The Bertz CT molecular complexity index is 883. The molecule has 0 spiro atoms. The number of carbonyl (C=O) groups is 2. The number of nitrogens with zero attached hydrogens (tertiary/aromatic N) is 1. The van der Waals surface area contributed by atoms with Gasteiger partial charge >= 0.3 is 0 Å². The molecular weight excluding hydrogens is 392 g/mol. The van der Waals surface area contributed by atoms with Crippen LogP contribution in [0.15, 0.2) is 36.4 Å². The lowest BCUT2D eigenvalue weighted by Gasteiger charge is -2.19. The summed E-state index contributed by atoms with van der Waals surface area (Å²) in [6.45, 7) is 5.84. The SMILES string of the molecule is COc1ccc(Cl)cc1NC(=O)CN(C)C(=O)COc1cc(C)ccc1C(C)C. The maximum atomic E-state index is 12.4. The van der Waals surface area contributed by atoms with Gasteiger partial charge in [0, 0.05) is 12.1 Å². The number of hydrogen-bond acceptors (Lipinski definition) is 4. The van der Waals surface area contributed by atoms with E-state index in [1.54, 1.807) is 25.2 Å². The molecule has 0 aromatic heterocycles. The summed E-state index contributed by atoms with van der Waals surface area (Å²) >= 11 is 5.97. The standard InChI is InChI=1S/C22H27ClN2O4/c1-14(2)17-8-6-15(3)10-20(17)29-13-22(27)25(4)12-21(26)24-18-11-16(23)7-9-19(18)28-5/h6-11,14H,12-13H2,1-5H3,(H,24,26). The van der Waals surface area contributed by atoms with Crippen LogP contribution in [0.4, 0.5) is 5.69 Å². The molecule has 2 amide bonds. The third-order valence-electron chi connectivity index (χ3n) is 4.38. The van der Waals surface area contributed by atoms with Crippen LogP contribution in [0.2, 0.25) is 5.02 Å². The maximum Gasteiger partial charge on any atom is 0.260 e. The van der Waals surface area contributed by atoms with Gasteiger partial charge in [-0.3, -0.25) is 9.59 Å². The van der Waals surface area contributed by atoms with Crippen LogP contribution in [0.1, 0.15) is 30.9 Å². The highest BCUT2D eigenvalue weighted by Crippen LogP contribution is 2.28. The number of anilines is 1. The van der Waals surface area contributed by atoms with Crippen LogP contribution in [-0.2, 0) is 9.59 Å². The predicted molar refractivity (Wildman–Crippen MR) is 115 cm³/mol. The van der Waals surface area contributed by atoms with Crippen LogP contribution in [0.3, 0.4) is 0 Å². The lowest BCUT2D eigenvalue weighted by atomic mass is 10.0. The summed E-state index contributed by atoms with van der Waals surface area (Å²) in [5, 5.41) is 3.18. The fourth-order valence-corrected chi connectivity index (χ4v) is 2.94. The van der Waals surface area contributed by atoms with Crippen molar-refractivity contribution in [2.24, 2.45) is 0 Å². The fraction of sp³-hybridized carbons (Fsp3) is 0.364. The first kappa shape index (κ1) is 22.6. The van der Waals surface area contributed by atoms with E-state index in [0.717, 1.165) is 11.1 Å². The Labute approximate surface area is 176 Å². The molecule has 2 aromatic rings. The summed E-state index contributed by atoms with van der Waals surface area (Å²) in [4.78, 5) is 26.1. The van der Waals surface area contributed by atoms with Crippen molar-refractivity contribution in [1.82, 2.24) is 4.90 Å². The quantitative estimate of drug-likeness (QED) is 0.695. The smallest absolute Gasteiger partial charge is 0.260 e. The number of hydrogen-bond donors (Lipinski definition) is 1. The monoisotopic (exact) mass is 418 g/mol. The highest BCUT2D eigenvalue weighted by molar-refractivity contribution is 6.31. The summed E-state index contributed by atoms with van der Waals surface area (Å²) in [6.07, 6.45) is 0. The Balaban J connectivity index is 1.95. The average molecular weight is 419 g/mol. The van der Waals surface area contributed by atoms with Crippen molar-refractivity contribution in [3.05, 3.63) is 52.5 Å². The number of likely N-dealkylation sites (N-methyl/N-ethyl adjacent to an activating group) is 1. The van der Waals surface area contributed by atoms with Crippen molar-refractivity contribution in [2.75, 3.05) is 32.6 Å². The van der Waals surface area contributed by atoms with Crippen molar-refractivity contribution in [3.8, 4) is 11.5 Å². The number of nitrogens with one attached hydrogen (secondary N) is 1. The number of methoxy groups -OCH3 is 1. The fourth-order valence-electron chi connectivity index (χ4n) is 2.76. The number of aryl methyl sites for hydroxylation is 1. The molecule has 0 atom stereocenters. The van der Waals surface area contributed by atoms with Gasteiger partial charge in [0.25, 0.3) is 5.91 Å². The van der Waals surface area contributed by atoms with E-state index in [1.807, 2.05) is 25.1 Å². The Morgan fingerprint density at radius 3 is 2.52 bits per heavy atom. The van der Waals surface area contributed by atoms with E-state index in [9.17, 15) is 9.59 Å². The van der Waals surface area contributed by atoms with E-state index in [1.165, 1.54) is 12.0 Å². The van der Waals surface area contributed by atoms with Gasteiger partial charge in [-0.05, 0) is 48.2 Å². The summed E-state index contributed by atoms with van der Waals surface area (Å²) in [7, 11) is 3.06. The van der Waals surface area contributed by atoms with E-state index in [4.69, 9.17) is 21.1 Å². The summed E-state index contributed by atoms with van der Waals surface area (Å²) < 4.78 is 11.0. The molecule has 0 aliphatic rings. The summed E-state index contributed by atoms with van der Waals surface area (Å²) in [5.74, 6) is 0.793. The molecule has 6 nitrogen and oxygen atoms in total. The molecular formula is C22H27ClN2O4. The van der Waals surface area contributed by atoms with Gasteiger partial charge in [0.05, 0.1) is 19.3 Å². The zero-order valence-electron chi connectivity index (χ0n) is 17.4. The van der Waals surface area contributed by atoms with E-state index < -0.39 is 0 Å². The molecule has 1 N–H and O–H groups in total. The van der Waals surface area contributed by atoms with Crippen molar-refractivity contribution in [3.63, 3.8) is 0 Å². The Morgan fingerprint density at radius 2 is 1.86 bits per heavy atom. The van der Waals surface area contributed by atoms with Gasteiger partial charge in [0.15, 0.2) is 6.61 Å². The summed E-state index contributed by atoms with van der Waals surface area (Å²) in [6, 6.07) is 10.9. The Hall–Kier alpha value is -2.73. The van der Waals surface area contributed by atoms with E-state index in [0.29, 0.717) is 22.2 Å². The Morgan fingerprint density at radius 1 is 1.14 bits per heavy atom. The minimum absolute atomic E-state index is 0.122. The van der Waals surface area contributed by atoms with Crippen LogP contribution in [0, 0.1) is 6.92 Å². The molecule has 0 bridgehead atoms. The van der Waals surface area contributed by atoms with Gasteiger partial charge in [-0.15, -0.1) is 0 Å². The number of carbonyl (C=O) groups excluding carboxylic acids is 2. The summed E-state index contributed by atoms with van der Waals surface area (Å²) in [5.41, 5.74) is 2.54. The van der Waals surface area contributed by atoms with Crippen LogP contribution in [0.25, 0.3) is 0 Å². The molecule has 0 radical (unpaired) electrons. The number of rotatable bonds is 8. The highest BCUT2D eigenvalue weighted by atomic mass is 35.5. The lowest BCUT2D eigenvalue weighted by molar-refractivity contribution is -0.135. The number of amides is 2. The minimum atomic E-state index is -0.361. The van der Waals surface area contributed by atoms with Crippen molar-refractivity contribution in [2.45, 2.75) is 26.7 Å². The predicted octanol–water partition coefficient (Wildman–Crippen LogP) is 4.26. The zero-order valence-corrected chi connectivity index (χ0v) is 18.2. The molecule has 2 rings (SSSR count). The first-order valence-corrected chi connectivity index (χ1v) is 9.69. The van der Waals surface area contributed by atoms with Crippen molar-refractivity contribution < 1.29 is 19.1 Å². The van der Waals surface area contributed by atoms with Crippen LogP contribution in [-0.4, -0.2) is 44.0 Å². The molecule has 0 saturated heterocycles. The number of ether oxygens (including phenoxy) is 2. The molecule has 0 heterocycles. The van der Waals surface area contributed by atoms with Gasteiger partial charge in [-0.25, -0.2) is 0 Å². The second-order valence-corrected chi connectivity index (χ2v) is 7.56. The van der Waals surface area contributed by atoms with Gasteiger partial charge < -0.3 is 19.7 Å². The normalized spacial score (nSPS) is 10.6. The molecule has 0 unspecified atom stereocenters. The Kier molecular flexibility index (Phi) is 7.91. The molecule has 0 fully saturated rings. The van der Waals surface area contributed by atoms with E-state index >= 15 is 0 Å². The molecule has 7 heteroatoms. The maximum absolute atomic E-state index is 12.4. The van der Waals surface area contributed by atoms with Crippen molar-refractivity contribution >= 4 is 29.1 Å². The first-order valence-electron chi connectivity index (χ1n) is 9.32. The van der Waals surface area contributed by atoms with Gasteiger partial charge in [-0.1, -0.05) is 37.6 Å². The van der Waals surface area contributed by atoms with Crippen LogP contribution >= 0.6 is 11.6 Å². The topological polar surface area (TPSA) is 67.9 Å². The average Bonchev–Trinajstić information content (AvgIpc) is 2.65. The molecule has 0 aliphatic carbocycles. The molecule has 2 aromatic carbocycles. The second kappa shape index (κ2) is 10.2.